The molecule has 3 rings (SSSR count). The molecule has 1 aliphatic carbocycles. The summed E-state index contributed by atoms with van der Waals surface area (Å²) in [4.78, 5) is 2.57. The second-order valence-corrected chi connectivity index (χ2v) is 6.87. The van der Waals surface area contributed by atoms with Gasteiger partial charge in [0.15, 0.2) is 0 Å². The minimum Gasteiger partial charge on any atom is -0.391 e. The van der Waals surface area contributed by atoms with Crippen molar-refractivity contribution in [2.24, 2.45) is 5.41 Å². The van der Waals surface area contributed by atoms with E-state index in [0.717, 1.165) is 13.2 Å². The summed E-state index contributed by atoms with van der Waals surface area (Å²) in [5.41, 5.74) is 0.0663. The van der Waals surface area contributed by atoms with E-state index in [1.54, 1.807) is 0 Å². The lowest BCUT2D eigenvalue weighted by molar-refractivity contribution is -0.108. The molecule has 2 aliphatic heterocycles. The van der Waals surface area contributed by atoms with Gasteiger partial charge in [-0.05, 0) is 51.6 Å². The van der Waals surface area contributed by atoms with Crippen LogP contribution in [-0.2, 0) is 4.74 Å². The normalized spacial score (nSPS) is 42.2. The first-order chi connectivity index (χ1) is 9.32. The smallest absolute Gasteiger partial charge is 0.0773 e. The minimum atomic E-state index is -0.169. The molecule has 3 aliphatic rings. The molecule has 0 aromatic carbocycles. The van der Waals surface area contributed by atoms with E-state index >= 15 is 0 Å². The van der Waals surface area contributed by atoms with Gasteiger partial charge in [0.1, 0.15) is 0 Å². The van der Waals surface area contributed by atoms with Gasteiger partial charge in [-0.3, -0.25) is 4.90 Å². The maximum atomic E-state index is 11.0. The molecule has 110 valence electrons. The minimum absolute atomic E-state index is 0.0663. The number of piperidine rings is 1. The first-order valence-electron chi connectivity index (χ1n) is 8.32. The molecule has 0 bridgehead atoms. The third-order valence-corrected chi connectivity index (χ3v) is 5.63. The lowest BCUT2D eigenvalue weighted by Gasteiger charge is -2.49. The Morgan fingerprint density at radius 3 is 2.58 bits per heavy atom. The number of hydrogen-bond donors (Lipinski definition) is 1. The molecule has 3 heteroatoms. The zero-order valence-corrected chi connectivity index (χ0v) is 12.1. The quantitative estimate of drug-likeness (QED) is 0.792. The summed E-state index contributed by atoms with van der Waals surface area (Å²) in [5, 5.41) is 11.0. The maximum Gasteiger partial charge on any atom is 0.0773 e. The first-order valence-corrected chi connectivity index (χ1v) is 8.32. The van der Waals surface area contributed by atoms with Crippen LogP contribution >= 0.6 is 0 Å². The van der Waals surface area contributed by atoms with E-state index in [2.05, 4.69) is 4.90 Å². The topological polar surface area (TPSA) is 32.7 Å². The fourth-order valence-electron chi connectivity index (χ4n) is 4.47. The van der Waals surface area contributed by atoms with Gasteiger partial charge in [0, 0.05) is 18.1 Å². The van der Waals surface area contributed by atoms with Crippen LogP contribution < -0.4 is 0 Å². The molecule has 1 saturated carbocycles. The fourth-order valence-corrected chi connectivity index (χ4v) is 4.47. The molecule has 2 heterocycles. The van der Waals surface area contributed by atoms with E-state index in [0.29, 0.717) is 6.04 Å². The predicted octanol–water partition coefficient (Wildman–Crippen LogP) is 2.57. The van der Waals surface area contributed by atoms with Crippen molar-refractivity contribution in [3.63, 3.8) is 0 Å². The van der Waals surface area contributed by atoms with Gasteiger partial charge in [0.25, 0.3) is 0 Å². The molecule has 3 atom stereocenters. The van der Waals surface area contributed by atoms with E-state index in [1.807, 2.05) is 0 Å². The predicted molar refractivity (Wildman–Crippen MR) is 76.2 cm³/mol. The molecule has 0 radical (unpaired) electrons. The highest BCUT2D eigenvalue weighted by atomic mass is 16.5. The van der Waals surface area contributed by atoms with E-state index in [-0.39, 0.29) is 11.5 Å². The molecule has 3 nitrogen and oxygen atoms in total. The van der Waals surface area contributed by atoms with Crippen molar-refractivity contribution in [3.05, 3.63) is 0 Å². The molecule has 0 aromatic heterocycles. The summed E-state index contributed by atoms with van der Waals surface area (Å²) in [7, 11) is 0. The third-order valence-electron chi connectivity index (χ3n) is 5.63. The standard InChI is InChI=1S/C16H29NO2/c18-15-14(17-10-3-1-4-11-17)7-6-9-16(15)8-2-5-12-19-13-16/h14-15,18H,1-13H2/t14-,15+,16+/m0/s1. The number of ether oxygens (including phenoxy) is 1. The molecule has 0 aromatic rings. The van der Waals surface area contributed by atoms with Crippen LogP contribution in [0.4, 0.5) is 0 Å². The van der Waals surface area contributed by atoms with Gasteiger partial charge in [-0.25, -0.2) is 0 Å². The second-order valence-electron chi connectivity index (χ2n) is 6.87. The number of hydrogen-bond acceptors (Lipinski definition) is 3. The van der Waals surface area contributed by atoms with Crippen molar-refractivity contribution >= 4 is 0 Å². The highest BCUT2D eigenvalue weighted by molar-refractivity contribution is 4.99. The summed E-state index contributed by atoms with van der Waals surface area (Å²) >= 11 is 0. The van der Waals surface area contributed by atoms with Crippen LogP contribution in [0.25, 0.3) is 0 Å². The van der Waals surface area contributed by atoms with Gasteiger partial charge in [-0.1, -0.05) is 19.3 Å². The van der Waals surface area contributed by atoms with E-state index in [9.17, 15) is 5.11 Å². The lowest BCUT2D eigenvalue weighted by Crippen LogP contribution is -2.56. The molecule has 3 fully saturated rings. The summed E-state index contributed by atoms with van der Waals surface area (Å²) in [6.45, 7) is 4.07. The molecular weight excluding hydrogens is 238 g/mol. The van der Waals surface area contributed by atoms with Gasteiger partial charge < -0.3 is 9.84 Å². The fraction of sp³-hybridized carbons (Fsp3) is 1.00. The van der Waals surface area contributed by atoms with Crippen molar-refractivity contribution in [2.45, 2.75) is 69.9 Å². The van der Waals surface area contributed by atoms with Crippen LogP contribution in [0.3, 0.4) is 0 Å². The molecule has 2 saturated heterocycles. The van der Waals surface area contributed by atoms with Gasteiger partial charge in [-0.2, -0.15) is 0 Å². The first kappa shape index (κ1) is 13.8. The monoisotopic (exact) mass is 267 g/mol. The van der Waals surface area contributed by atoms with Crippen molar-refractivity contribution in [1.29, 1.82) is 0 Å². The van der Waals surface area contributed by atoms with Crippen molar-refractivity contribution in [2.75, 3.05) is 26.3 Å². The van der Waals surface area contributed by atoms with Crippen LogP contribution in [0, 0.1) is 5.41 Å². The van der Waals surface area contributed by atoms with E-state index in [1.165, 1.54) is 70.9 Å². The second kappa shape index (κ2) is 6.11. The van der Waals surface area contributed by atoms with Crippen LogP contribution in [0.5, 0.6) is 0 Å². The number of aliphatic hydroxyl groups is 1. The Morgan fingerprint density at radius 2 is 1.74 bits per heavy atom. The third kappa shape index (κ3) is 2.84. The number of rotatable bonds is 1. The summed E-state index contributed by atoms with van der Waals surface area (Å²) < 4.78 is 5.82. The molecule has 0 amide bonds. The van der Waals surface area contributed by atoms with Gasteiger partial charge in [0.05, 0.1) is 12.7 Å². The molecule has 19 heavy (non-hydrogen) atoms. The van der Waals surface area contributed by atoms with Gasteiger partial charge in [-0.15, -0.1) is 0 Å². The number of aliphatic hydroxyl groups excluding tert-OH is 1. The van der Waals surface area contributed by atoms with E-state index < -0.39 is 0 Å². The zero-order chi connectivity index (χ0) is 13.1. The molecular formula is C16H29NO2. The summed E-state index contributed by atoms with van der Waals surface area (Å²) in [6, 6.07) is 0.399. The molecule has 1 N–H and O–H groups in total. The summed E-state index contributed by atoms with van der Waals surface area (Å²) in [5.74, 6) is 0. The highest BCUT2D eigenvalue weighted by Crippen LogP contribution is 2.44. The average molecular weight is 267 g/mol. The Bertz CT molecular complexity index is 280. The largest absolute Gasteiger partial charge is 0.391 e. The zero-order valence-electron chi connectivity index (χ0n) is 12.1. The summed E-state index contributed by atoms with van der Waals surface area (Å²) in [6.07, 6.45) is 11.0. The Kier molecular flexibility index (Phi) is 4.45. The Morgan fingerprint density at radius 1 is 0.947 bits per heavy atom. The van der Waals surface area contributed by atoms with Crippen molar-refractivity contribution in [1.82, 2.24) is 4.90 Å². The van der Waals surface area contributed by atoms with Crippen LogP contribution in [0.2, 0.25) is 0 Å². The van der Waals surface area contributed by atoms with Crippen molar-refractivity contribution in [3.8, 4) is 0 Å². The van der Waals surface area contributed by atoms with Crippen LogP contribution in [0.15, 0.2) is 0 Å². The Balaban J connectivity index is 1.71. The number of likely N-dealkylation sites (tertiary alicyclic amines) is 1. The number of nitrogens with zero attached hydrogens (tertiary/aromatic N) is 1. The Labute approximate surface area is 117 Å². The average Bonchev–Trinajstić information content (AvgIpc) is 2.70. The van der Waals surface area contributed by atoms with Crippen molar-refractivity contribution < 1.29 is 9.84 Å². The van der Waals surface area contributed by atoms with Crippen LogP contribution in [-0.4, -0.2) is 48.5 Å². The molecule has 1 spiro atoms. The van der Waals surface area contributed by atoms with Gasteiger partial charge >= 0.3 is 0 Å². The van der Waals surface area contributed by atoms with E-state index in [4.69, 9.17) is 4.74 Å². The molecule has 0 unspecified atom stereocenters. The van der Waals surface area contributed by atoms with Gasteiger partial charge in [0.2, 0.25) is 0 Å². The Hall–Kier alpha value is -0.120. The highest BCUT2D eigenvalue weighted by Gasteiger charge is 2.46. The van der Waals surface area contributed by atoms with Crippen LogP contribution in [0.1, 0.15) is 57.8 Å². The maximum absolute atomic E-state index is 11.0. The SMILES string of the molecule is O[C@@H]1[C@@H](N2CCCCC2)CCC[C@@]12CCCCOC2. The lowest BCUT2D eigenvalue weighted by atomic mass is 9.67.